The molecule has 1 aromatic heterocycles. The lowest BCUT2D eigenvalue weighted by Crippen LogP contribution is -2.27. The maximum absolute atomic E-state index is 12.8. The number of halogens is 1. The van der Waals surface area contributed by atoms with E-state index in [4.69, 9.17) is 16.3 Å². The Morgan fingerprint density at radius 1 is 1.23 bits per heavy atom. The fraction of sp³-hybridized carbons (Fsp3) is 0.263. The number of imide groups is 1. The van der Waals surface area contributed by atoms with Crippen molar-refractivity contribution in [3.05, 3.63) is 57.2 Å². The van der Waals surface area contributed by atoms with Crippen molar-refractivity contribution in [3.63, 3.8) is 0 Å². The first-order chi connectivity index (χ1) is 12.4. The fourth-order valence-electron chi connectivity index (χ4n) is 2.95. The molecule has 1 saturated heterocycles. The largest absolute Gasteiger partial charge is 0.383 e. The van der Waals surface area contributed by atoms with Crippen molar-refractivity contribution in [2.75, 3.05) is 18.6 Å². The normalized spacial score (nSPS) is 16.2. The van der Waals surface area contributed by atoms with E-state index in [-0.39, 0.29) is 11.1 Å². The van der Waals surface area contributed by atoms with Crippen molar-refractivity contribution in [1.29, 1.82) is 0 Å². The summed E-state index contributed by atoms with van der Waals surface area (Å²) in [6.07, 6.45) is 1.77. The maximum atomic E-state index is 12.8. The Hall–Kier alpha value is -2.02. The Kier molecular flexibility index (Phi) is 5.55. The highest BCUT2D eigenvalue weighted by Crippen LogP contribution is 2.38. The van der Waals surface area contributed by atoms with Crippen LogP contribution in [-0.2, 0) is 16.1 Å². The van der Waals surface area contributed by atoms with E-state index in [1.807, 2.05) is 19.9 Å². The van der Waals surface area contributed by atoms with Gasteiger partial charge >= 0.3 is 0 Å². The number of hydrogen-bond acceptors (Lipinski definition) is 4. The molecule has 0 atom stereocenters. The molecular formula is C19H19ClN2O3S. The van der Waals surface area contributed by atoms with E-state index in [1.54, 1.807) is 37.5 Å². The fourth-order valence-corrected chi connectivity index (χ4v) is 4.00. The van der Waals surface area contributed by atoms with Gasteiger partial charge in [0.1, 0.15) is 0 Å². The number of benzene rings is 1. The van der Waals surface area contributed by atoms with Gasteiger partial charge < -0.3 is 9.30 Å². The summed E-state index contributed by atoms with van der Waals surface area (Å²) in [5, 5.41) is 0.0244. The molecule has 26 heavy (non-hydrogen) atoms. The summed E-state index contributed by atoms with van der Waals surface area (Å²) < 4.78 is 7.28. The van der Waals surface area contributed by atoms with Crippen molar-refractivity contribution in [2.24, 2.45) is 0 Å². The Morgan fingerprint density at radius 3 is 2.65 bits per heavy atom. The number of rotatable bonds is 5. The summed E-state index contributed by atoms with van der Waals surface area (Å²) in [4.78, 5) is 26.7. The SMILES string of the molecule is COCCn1c(C)cc(/C=C2\SC(=O)N(c3ccccc3Cl)C2=O)c1C. The zero-order valence-electron chi connectivity index (χ0n) is 14.8. The van der Waals surface area contributed by atoms with E-state index in [9.17, 15) is 9.59 Å². The van der Waals surface area contributed by atoms with Crippen molar-refractivity contribution >= 4 is 46.3 Å². The van der Waals surface area contributed by atoms with Crippen molar-refractivity contribution in [3.8, 4) is 0 Å². The van der Waals surface area contributed by atoms with Crippen molar-refractivity contribution < 1.29 is 14.3 Å². The molecule has 1 aliphatic rings. The van der Waals surface area contributed by atoms with Gasteiger partial charge in [0.2, 0.25) is 0 Å². The average Bonchev–Trinajstić information content (AvgIpc) is 3.03. The molecule has 0 unspecified atom stereocenters. The van der Waals surface area contributed by atoms with E-state index < -0.39 is 0 Å². The molecule has 7 heteroatoms. The van der Waals surface area contributed by atoms with Crippen LogP contribution in [0.25, 0.3) is 6.08 Å². The van der Waals surface area contributed by atoms with Gasteiger partial charge in [0.05, 0.1) is 22.2 Å². The second-order valence-corrected chi connectivity index (χ2v) is 7.34. The number of amides is 2. The predicted molar refractivity (Wildman–Crippen MR) is 106 cm³/mol. The first-order valence-corrected chi connectivity index (χ1v) is 9.31. The zero-order chi connectivity index (χ0) is 18.8. The minimum Gasteiger partial charge on any atom is -0.383 e. The van der Waals surface area contributed by atoms with E-state index in [0.717, 1.165) is 40.2 Å². The lowest BCUT2D eigenvalue weighted by Gasteiger charge is -2.13. The summed E-state index contributed by atoms with van der Waals surface area (Å²) in [7, 11) is 1.67. The lowest BCUT2D eigenvalue weighted by atomic mass is 10.2. The Morgan fingerprint density at radius 2 is 1.96 bits per heavy atom. The van der Waals surface area contributed by atoms with Gasteiger partial charge in [0.25, 0.3) is 11.1 Å². The molecule has 136 valence electrons. The number of nitrogens with zero attached hydrogens (tertiary/aromatic N) is 2. The number of methoxy groups -OCH3 is 1. The molecule has 0 aliphatic carbocycles. The molecule has 5 nitrogen and oxygen atoms in total. The predicted octanol–water partition coefficient (Wildman–Crippen LogP) is 4.65. The van der Waals surface area contributed by atoms with Gasteiger partial charge in [-0.1, -0.05) is 23.7 Å². The standard InChI is InChI=1S/C19H19ClN2O3S/c1-12-10-14(13(2)21(12)8-9-25-3)11-17-18(23)22(19(24)26-17)16-7-5-4-6-15(16)20/h4-7,10-11H,8-9H2,1-3H3/b17-11-. The van der Waals surface area contributed by atoms with Gasteiger partial charge in [0, 0.05) is 25.0 Å². The summed E-state index contributed by atoms with van der Waals surface area (Å²) in [6, 6.07) is 8.84. The van der Waals surface area contributed by atoms with Gasteiger partial charge in [-0.05, 0) is 55.4 Å². The monoisotopic (exact) mass is 390 g/mol. The minimum atomic E-state index is -0.352. The highest BCUT2D eigenvalue weighted by atomic mass is 35.5. The third-order valence-electron chi connectivity index (χ3n) is 4.31. The van der Waals surface area contributed by atoms with Gasteiger partial charge in [0.15, 0.2) is 0 Å². The van der Waals surface area contributed by atoms with E-state index >= 15 is 0 Å². The molecule has 3 rings (SSSR count). The van der Waals surface area contributed by atoms with E-state index in [1.165, 1.54) is 0 Å². The lowest BCUT2D eigenvalue weighted by molar-refractivity contribution is -0.113. The van der Waals surface area contributed by atoms with Crippen LogP contribution in [-0.4, -0.2) is 29.4 Å². The first kappa shape index (κ1) is 18.8. The quantitative estimate of drug-likeness (QED) is 0.697. The number of carbonyl (C=O) groups is 2. The molecule has 1 aromatic carbocycles. The second kappa shape index (κ2) is 7.70. The van der Waals surface area contributed by atoms with Crippen LogP contribution in [0.3, 0.4) is 0 Å². The second-order valence-electron chi connectivity index (χ2n) is 5.94. The summed E-state index contributed by atoms with van der Waals surface area (Å²) in [5.41, 5.74) is 3.44. The molecule has 1 aliphatic heterocycles. The summed E-state index contributed by atoms with van der Waals surface area (Å²) in [6.45, 7) is 5.35. The van der Waals surface area contributed by atoms with Crippen LogP contribution < -0.4 is 4.90 Å². The minimum absolute atomic E-state index is 0.345. The Bertz CT molecular complexity index is 904. The summed E-state index contributed by atoms with van der Waals surface area (Å²) >= 11 is 7.08. The van der Waals surface area contributed by atoms with Crippen molar-refractivity contribution in [2.45, 2.75) is 20.4 Å². The van der Waals surface area contributed by atoms with Crippen LogP contribution in [0.5, 0.6) is 0 Å². The van der Waals surface area contributed by atoms with Crippen LogP contribution in [0.1, 0.15) is 17.0 Å². The Balaban J connectivity index is 1.93. The number of hydrogen-bond donors (Lipinski definition) is 0. The van der Waals surface area contributed by atoms with Crippen LogP contribution >= 0.6 is 23.4 Å². The van der Waals surface area contributed by atoms with E-state index in [0.29, 0.717) is 22.2 Å². The molecule has 0 spiro atoms. The highest BCUT2D eigenvalue weighted by Gasteiger charge is 2.37. The van der Waals surface area contributed by atoms with Gasteiger partial charge in [-0.3, -0.25) is 9.59 Å². The number of aryl methyl sites for hydroxylation is 1. The molecule has 2 amide bonds. The molecule has 0 bridgehead atoms. The molecule has 0 N–H and O–H groups in total. The number of ether oxygens (including phenoxy) is 1. The number of thioether (sulfide) groups is 1. The number of aromatic nitrogens is 1. The van der Waals surface area contributed by atoms with Crippen LogP contribution in [0, 0.1) is 13.8 Å². The molecule has 2 aromatic rings. The number of anilines is 1. The molecular weight excluding hydrogens is 372 g/mol. The average molecular weight is 391 g/mol. The highest BCUT2D eigenvalue weighted by molar-refractivity contribution is 8.19. The van der Waals surface area contributed by atoms with Gasteiger partial charge in [-0.25, -0.2) is 4.90 Å². The van der Waals surface area contributed by atoms with Crippen LogP contribution in [0.4, 0.5) is 10.5 Å². The molecule has 1 fully saturated rings. The number of para-hydroxylation sites is 1. The molecule has 0 radical (unpaired) electrons. The third-order valence-corrected chi connectivity index (χ3v) is 5.49. The van der Waals surface area contributed by atoms with Gasteiger partial charge in [-0.15, -0.1) is 0 Å². The molecule has 2 heterocycles. The Labute approximate surface area is 161 Å². The third kappa shape index (κ3) is 3.45. The molecule has 0 saturated carbocycles. The van der Waals surface area contributed by atoms with E-state index in [2.05, 4.69) is 4.57 Å². The van der Waals surface area contributed by atoms with Crippen LogP contribution in [0.2, 0.25) is 5.02 Å². The zero-order valence-corrected chi connectivity index (χ0v) is 16.4. The van der Waals surface area contributed by atoms with Crippen molar-refractivity contribution in [1.82, 2.24) is 4.57 Å². The van der Waals surface area contributed by atoms with Crippen LogP contribution in [0.15, 0.2) is 35.2 Å². The maximum Gasteiger partial charge on any atom is 0.298 e. The smallest absolute Gasteiger partial charge is 0.298 e. The summed E-state index contributed by atoms with van der Waals surface area (Å²) in [5.74, 6) is -0.352. The van der Waals surface area contributed by atoms with Gasteiger partial charge in [-0.2, -0.15) is 0 Å². The number of carbonyl (C=O) groups excluding carboxylic acids is 2. The first-order valence-electron chi connectivity index (χ1n) is 8.12. The topological polar surface area (TPSA) is 51.5 Å².